The molecule has 0 atom stereocenters. The van der Waals surface area contributed by atoms with Crippen LogP contribution in [0.1, 0.15) is 25.3 Å². The summed E-state index contributed by atoms with van der Waals surface area (Å²) >= 11 is 0. The zero-order valence-electron chi connectivity index (χ0n) is 11.9. The van der Waals surface area contributed by atoms with Crippen molar-refractivity contribution in [2.75, 3.05) is 13.1 Å². The molecule has 104 valence electrons. The van der Waals surface area contributed by atoms with Crippen molar-refractivity contribution in [2.45, 2.75) is 26.3 Å². The summed E-state index contributed by atoms with van der Waals surface area (Å²) in [5, 5.41) is 1.20. The van der Waals surface area contributed by atoms with Gasteiger partial charge in [-0.3, -0.25) is 14.7 Å². The van der Waals surface area contributed by atoms with Crippen LogP contribution in [0.25, 0.3) is 10.9 Å². The lowest BCUT2D eigenvalue weighted by atomic mass is 9.93. The van der Waals surface area contributed by atoms with Gasteiger partial charge in [-0.2, -0.15) is 0 Å². The highest BCUT2D eigenvalue weighted by atomic mass is 16.1. The van der Waals surface area contributed by atoms with Crippen LogP contribution in [0.4, 0.5) is 0 Å². The van der Waals surface area contributed by atoms with Gasteiger partial charge in [0.1, 0.15) is 5.78 Å². The van der Waals surface area contributed by atoms with Gasteiger partial charge in [0.05, 0.1) is 5.52 Å². The fraction of sp³-hybridized carbons (Fsp3) is 0.412. The Hall–Kier alpha value is -1.74. The Morgan fingerprint density at radius 3 is 2.75 bits per heavy atom. The lowest BCUT2D eigenvalue weighted by Crippen LogP contribution is -2.35. The number of carbonyl (C=O) groups excluding carboxylic acids is 1. The Balaban J connectivity index is 1.73. The van der Waals surface area contributed by atoms with Crippen LogP contribution in [-0.2, 0) is 11.3 Å². The van der Waals surface area contributed by atoms with Crippen LogP contribution in [0.3, 0.4) is 0 Å². The van der Waals surface area contributed by atoms with Gasteiger partial charge in [-0.15, -0.1) is 0 Å². The molecular formula is C17H20N2O. The van der Waals surface area contributed by atoms with E-state index in [1.807, 2.05) is 12.3 Å². The molecule has 3 rings (SSSR count). The number of hydrogen-bond acceptors (Lipinski definition) is 3. The second-order valence-electron chi connectivity index (χ2n) is 5.65. The standard InChI is InChI=1S/C17H20N2O/c1-13(20)14-7-10-19(11-8-14)12-16-5-2-4-15-6-3-9-18-17(15)16/h2-6,9,14H,7-8,10-12H2,1H3. The molecule has 0 bridgehead atoms. The highest BCUT2D eigenvalue weighted by Crippen LogP contribution is 2.22. The van der Waals surface area contributed by atoms with Gasteiger partial charge in [0.15, 0.2) is 0 Å². The summed E-state index contributed by atoms with van der Waals surface area (Å²) in [6, 6.07) is 10.4. The molecular weight excluding hydrogens is 248 g/mol. The number of hydrogen-bond donors (Lipinski definition) is 0. The zero-order chi connectivity index (χ0) is 13.9. The van der Waals surface area contributed by atoms with Crippen molar-refractivity contribution in [2.24, 2.45) is 5.92 Å². The molecule has 0 amide bonds. The maximum absolute atomic E-state index is 11.4. The van der Waals surface area contributed by atoms with E-state index in [9.17, 15) is 4.79 Å². The largest absolute Gasteiger partial charge is 0.300 e. The van der Waals surface area contributed by atoms with Crippen LogP contribution in [0.15, 0.2) is 36.5 Å². The lowest BCUT2D eigenvalue weighted by molar-refractivity contribution is -0.122. The van der Waals surface area contributed by atoms with Crippen LogP contribution in [-0.4, -0.2) is 28.8 Å². The number of fused-ring (bicyclic) bond motifs is 1. The van der Waals surface area contributed by atoms with E-state index >= 15 is 0 Å². The number of rotatable bonds is 3. The number of ketones is 1. The summed E-state index contributed by atoms with van der Waals surface area (Å²) < 4.78 is 0. The quantitative estimate of drug-likeness (QED) is 0.858. The number of aromatic nitrogens is 1. The van der Waals surface area contributed by atoms with Gasteiger partial charge in [-0.05, 0) is 44.5 Å². The first kappa shape index (κ1) is 13.3. The number of piperidine rings is 1. The minimum atomic E-state index is 0.275. The summed E-state index contributed by atoms with van der Waals surface area (Å²) in [5.74, 6) is 0.619. The van der Waals surface area contributed by atoms with Crippen molar-refractivity contribution in [3.05, 3.63) is 42.1 Å². The van der Waals surface area contributed by atoms with Gasteiger partial charge in [-0.1, -0.05) is 24.3 Å². The van der Waals surface area contributed by atoms with Gasteiger partial charge in [0, 0.05) is 24.0 Å². The first-order chi connectivity index (χ1) is 9.74. The normalized spacial score (nSPS) is 17.4. The Bertz CT molecular complexity index is 610. The maximum Gasteiger partial charge on any atom is 0.133 e. The number of nitrogens with zero attached hydrogens (tertiary/aromatic N) is 2. The predicted molar refractivity (Wildman–Crippen MR) is 80.4 cm³/mol. The molecule has 0 radical (unpaired) electrons. The third-order valence-electron chi connectivity index (χ3n) is 4.27. The van der Waals surface area contributed by atoms with Crippen molar-refractivity contribution in [1.82, 2.24) is 9.88 Å². The van der Waals surface area contributed by atoms with E-state index in [-0.39, 0.29) is 5.92 Å². The third kappa shape index (κ3) is 2.73. The highest BCUT2D eigenvalue weighted by Gasteiger charge is 2.22. The van der Waals surface area contributed by atoms with Crippen LogP contribution >= 0.6 is 0 Å². The molecule has 0 N–H and O–H groups in total. The van der Waals surface area contributed by atoms with E-state index in [2.05, 4.69) is 34.1 Å². The monoisotopic (exact) mass is 268 g/mol. The van der Waals surface area contributed by atoms with Crippen molar-refractivity contribution in [3.8, 4) is 0 Å². The van der Waals surface area contributed by atoms with Crippen molar-refractivity contribution in [3.63, 3.8) is 0 Å². The molecule has 1 aromatic carbocycles. The summed E-state index contributed by atoms with van der Waals surface area (Å²) in [7, 11) is 0. The second kappa shape index (κ2) is 5.71. The average molecular weight is 268 g/mol. The van der Waals surface area contributed by atoms with Gasteiger partial charge < -0.3 is 0 Å². The van der Waals surface area contributed by atoms with Crippen LogP contribution in [0, 0.1) is 5.92 Å². The van der Waals surface area contributed by atoms with E-state index in [1.165, 1.54) is 10.9 Å². The Morgan fingerprint density at radius 2 is 2.00 bits per heavy atom. The van der Waals surface area contributed by atoms with E-state index in [0.717, 1.165) is 38.0 Å². The molecule has 1 aromatic heterocycles. The summed E-state index contributed by atoms with van der Waals surface area (Å²) in [6.45, 7) is 4.66. The zero-order valence-corrected chi connectivity index (χ0v) is 11.9. The summed E-state index contributed by atoms with van der Waals surface area (Å²) in [5.41, 5.74) is 2.38. The number of Topliss-reactive ketones (excluding diaryl/α,β-unsaturated/α-hetero) is 1. The maximum atomic E-state index is 11.4. The van der Waals surface area contributed by atoms with Crippen molar-refractivity contribution < 1.29 is 4.79 Å². The molecule has 0 unspecified atom stereocenters. The minimum absolute atomic E-state index is 0.275. The molecule has 2 heterocycles. The summed E-state index contributed by atoms with van der Waals surface area (Å²) in [4.78, 5) is 18.4. The molecule has 1 aliphatic rings. The van der Waals surface area contributed by atoms with Gasteiger partial charge in [0.2, 0.25) is 0 Å². The Morgan fingerprint density at radius 1 is 1.25 bits per heavy atom. The fourth-order valence-corrected chi connectivity index (χ4v) is 3.03. The van der Waals surface area contributed by atoms with E-state index in [0.29, 0.717) is 5.78 Å². The predicted octanol–water partition coefficient (Wildman–Crippen LogP) is 3.04. The number of benzene rings is 1. The first-order valence-corrected chi connectivity index (χ1v) is 7.29. The number of pyridine rings is 1. The molecule has 0 saturated carbocycles. The van der Waals surface area contributed by atoms with Crippen molar-refractivity contribution >= 4 is 16.7 Å². The van der Waals surface area contributed by atoms with E-state index in [4.69, 9.17) is 0 Å². The number of likely N-dealkylation sites (tertiary alicyclic amines) is 1. The summed E-state index contributed by atoms with van der Waals surface area (Å²) in [6.07, 6.45) is 3.84. The average Bonchev–Trinajstić information content (AvgIpc) is 2.48. The minimum Gasteiger partial charge on any atom is -0.300 e. The molecule has 1 fully saturated rings. The molecule has 3 nitrogen and oxygen atoms in total. The van der Waals surface area contributed by atoms with E-state index in [1.54, 1.807) is 6.92 Å². The Labute approximate surface area is 119 Å². The van der Waals surface area contributed by atoms with Crippen LogP contribution in [0.2, 0.25) is 0 Å². The van der Waals surface area contributed by atoms with Crippen LogP contribution < -0.4 is 0 Å². The number of carbonyl (C=O) groups is 1. The van der Waals surface area contributed by atoms with Crippen LogP contribution in [0.5, 0.6) is 0 Å². The van der Waals surface area contributed by atoms with Gasteiger partial charge in [0.25, 0.3) is 0 Å². The first-order valence-electron chi connectivity index (χ1n) is 7.29. The third-order valence-corrected chi connectivity index (χ3v) is 4.27. The van der Waals surface area contributed by atoms with Gasteiger partial charge in [-0.25, -0.2) is 0 Å². The molecule has 3 heteroatoms. The molecule has 2 aromatic rings. The Kier molecular flexibility index (Phi) is 3.79. The highest BCUT2D eigenvalue weighted by molar-refractivity contribution is 5.81. The van der Waals surface area contributed by atoms with E-state index < -0.39 is 0 Å². The molecule has 0 aliphatic carbocycles. The van der Waals surface area contributed by atoms with Crippen molar-refractivity contribution in [1.29, 1.82) is 0 Å². The molecule has 1 saturated heterocycles. The smallest absolute Gasteiger partial charge is 0.133 e. The number of para-hydroxylation sites is 1. The second-order valence-corrected chi connectivity index (χ2v) is 5.65. The topological polar surface area (TPSA) is 33.2 Å². The molecule has 0 spiro atoms. The molecule has 20 heavy (non-hydrogen) atoms. The molecule has 1 aliphatic heterocycles. The van der Waals surface area contributed by atoms with Gasteiger partial charge >= 0.3 is 0 Å². The fourth-order valence-electron chi connectivity index (χ4n) is 3.03. The SMILES string of the molecule is CC(=O)C1CCN(Cc2cccc3cccnc23)CC1. The lowest BCUT2D eigenvalue weighted by Gasteiger charge is -2.30.